The summed E-state index contributed by atoms with van der Waals surface area (Å²) < 4.78 is 1.95. The molecule has 10 heavy (non-hydrogen) atoms. The number of carbonyl (C=O) groups excluding carboxylic acids is 2. The van der Waals surface area contributed by atoms with Crippen LogP contribution >= 0.6 is 0 Å². The molecule has 2 N–H and O–H groups in total. The molecule has 0 atom stereocenters. The van der Waals surface area contributed by atoms with E-state index in [-0.39, 0.29) is 3.54 Å². The van der Waals surface area contributed by atoms with Gasteiger partial charge in [0, 0.05) is 0 Å². The first-order chi connectivity index (χ1) is 4.72. The van der Waals surface area contributed by atoms with Gasteiger partial charge < -0.3 is 0 Å². The fourth-order valence-corrected chi connectivity index (χ4v) is 9.32. The Labute approximate surface area is 67.5 Å². The van der Waals surface area contributed by atoms with Crippen molar-refractivity contribution in [1.29, 1.82) is 0 Å². The molecule has 0 aromatic heterocycles. The summed E-state index contributed by atoms with van der Waals surface area (Å²) in [5.41, 5.74) is 4.88. The average Bonchev–Trinajstić information content (AvgIpc) is 2.36. The average molecular weight is 243 g/mol. The van der Waals surface area contributed by atoms with E-state index in [2.05, 4.69) is 0 Å². The van der Waals surface area contributed by atoms with Gasteiger partial charge >= 0.3 is 67.4 Å². The molecule has 1 aliphatic rings. The maximum atomic E-state index is 11.0. The number of hydrogen-bond donors (Lipinski definition) is 1. The minimum absolute atomic E-state index is 0.167. The van der Waals surface area contributed by atoms with Crippen molar-refractivity contribution >= 4 is 30.9 Å². The van der Waals surface area contributed by atoms with Crippen LogP contribution in [0.15, 0.2) is 0 Å². The van der Waals surface area contributed by atoms with Crippen molar-refractivity contribution in [2.45, 2.75) is 21.2 Å². The van der Waals surface area contributed by atoms with Crippen LogP contribution < -0.4 is 5.73 Å². The summed E-state index contributed by atoms with van der Waals surface area (Å²) in [6.45, 7) is 0. The molecule has 4 heteroatoms. The fraction of sp³-hybridized carbons (Fsp3) is 0.667. The van der Waals surface area contributed by atoms with Gasteiger partial charge in [0.05, 0.1) is 0 Å². The van der Waals surface area contributed by atoms with E-state index in [9.17, 15) is 9.59 Å². The Morgan fingerprint density at radius 2 is 1.70 bits per heavy atom. The number of carbonyl (C=O) groups is 2. The van der Waals surface area contributed by atoms with Gasteiger partial charge in [-0.2, -0.15) is 0 Å². The molecule has 0 aromatic carbocycles. The Bertz CT molecular complexity index is 163. The monoisotopic (exact) mass is 243 g/mol. The molecule has 1 fully saturated rings. The zero-order valence-corrected chi connectivity index (χ0v) is 9.10. The molecule has 0 unspecified atom stereocenters. The van der Waals surface area contributed by atoms with Crippen LogP contribution in [0.25, 0.3) is 0 Å². The Balaban J connectivity index is 2.48. The van der Waals surface area contributed by atoms with Crippen LogP contribution in [-0.2, 0) is 9.59 Å². The van der Waals surface area contributed by atoms with Gasteiger partial charge in [0.2, 0.25) is 0 Å². The first-order valence-corrected chi connectivity index (χ1v) is 9.86. The molecule has 0 aromatic rings. The van der Waals surface area contributed by atoms with Crippen LogP contribution in [0.1, 0.15) is 12.8 Å². The second-order valence-corrected chi connectivity index (χ2v) is 11.5. The molecule has 0 radical (unpaired) electrons. The first kappa shape index (κ1) is 8.11. The number of hydrogen-bond acceptors (Lipinski definition) is 2. The number of amides is 1. The van der Waals surface area contributed by atoms with Gasteiger partial charge in [-0.1, -0.05) is 0 Å². The van der Waals surface area contributed by atoms with Crippen LogP contribution in [-0.4, -0.2) is 30.9 Å². The van der Waals surface area contributed by atoms with Gasteiger partial charge in [-0.05, 0) is 0 Å². The van der Waals surface area contributed by atoms with E-state index in [4.69, 9.17) is 5.73 Å². The van der Waals surface area contributed by atoms with E-state index in [1.54, 1.807) is 0 Å². The quantitative estimate of drug-likeness (QED) is 0.686. The summed E-state index contributed by atoms with van der Waals surface area (Å²) in [6.07, 6.45) is 2.31. The molecular formula is C6H10InNO2. The molecule has 1 saturated heterocycles. The van der Waals surface area contributed by atoms with E-state index in [0.717, 1.165) is 21.2 Å². The SMILES string of the molecule is NC(=O)[C](=O)[In]1[CH2]CC[CH2]1. The van der Waals surface area contributed by atoms with E-state index in [1.807, 2.05) is 0 Å². The molecule has 1 aliphatic heterocycles. The van der Waals surface area contributed by atoms with Crippen LogP contribution in [0, 0.1) is 0 Å². The predicted octanol–water partition coefficient (Wildman–Crippen LogP) is -0.131. The fourth-order valence-electron chi connectivity index (χ4n) is 1.39. The van der Waals surface area contributed by atoms with Gasteiger partial charge in [-0.25, -0.2) is 0 Å². The number of rotatable bonds is 2. The second-order valence-electron chi connectivity index (χ2n) is 2.71. The van der Waals surface area contributed by atoms with Crippen molar-refractivity contribution in [2.24, 2.45) is 5.73 Å². The molecule has 0 spiro atoms. The molecule has 1 rings (SSSR count). The molecule has 0 aliphatic carbocycles. The third-order valence-electron chi connectivity index (χ3n) is 1.97. The Morgan fingerprint density at radius 1 is 1.20 bits per heavy atom. The van der Waals surface area contributed by atoms with Crippen molar-refractivity contribution in [1.82, 2.24) is 0 Å². The molecule has 0 saturated carbocycles. The normalized spacial score (nSPS) is 17.4. The predicted molar refractivity (Wildman–Crippen MR) is 38.8 cm³/mol. The third-order valence-corrected chi connectivity index (χ3v) is 11.2. The number of primary amides is 1. The van der Waals surface area contributed by atoms with Crippen molar-refractivity contribution in [3.63, 3.8) is 0 Å². The zero-order valence-electron chi connectivity index (χ0n) is 5.80. The second kappa shape index (κ2) is 3.42. The van der Waals surface area contributed by atoms with Crippen LogP contribution in [0.5, 0.6) is 0 Å². The molecule has 1 heterocycles. The Hall–Kier alpha value is 0.0101. The Kier molecular flexibility index (Phi) is 2.77. The summed E-state index contributed by atoms with van der Waals surface area (Å²) in [6, 6.07) is 0. The van der Waals surface area contributed by atoms with Crippen LogP contribution in [0.4, 0.5) is 0 Å². The standard InChI is InChI=1S/C4H8.C2H2NO2.In/c1-3-4-2;3-2(5)1-4;/h1-4H2;(H2,3,5);. The van der Waals surface area contributed by atoms with Crippen LogP contribution in [0.2, 0.25) is 8.35 Å². The van der Waals surface area contributed by atoms with Crippen molar-refractivity contribution in [3.05, 3.63) is 0 Å². The summed E-state index contributed by atoms with van der Waals surface area (Å²) in [4.78, 5) is 21.4. The van der Waals surface area contributed by atoms with Gasteiger partial charge in [0.1, 0.15) is 0 Å². The van der Waals surface area contributed by atoms with E-state index in [0.29, 0.717) is 0 Å². The van der Waals surface area contributed by atoms with E-state index in [1.165, 1.54) is 0 Å². The first-order valence-electron chi connectivity index (χ1n) is 3.55. The van der Waals surface area contributed by atoms with Crippen molar-refractivity contribution < 1.29 is 9.59 Å². The van der Waals surface area contributed by atoms with E-state index >= 15 is 0 Å². The molecular weight excluding hydrogens is 233 g/mol. The third kappa shape index (κ3) is 1.75. The zero-order chi connectivity index (χ0) is 7.56. The van der Waals surface area contributed by atoms with Crippen molar-refractivity contribution in [2.75, 3.05) is 0 Å². The van der Waals surface area contributed by atoms with Gasteiger partial charge in [-0.15, -0.1) is 0 Å². The molecule has 0 bridgehead atoms. The van der Waals surface area contributed by atoms with Crippen molar-refractivity contribution in [3.8, 4) is 0 Å². The van der Waals surface area contributed by atoms with Gasteiger partial charge in [-0.3, -0.25) is 0 Å². The summed E-state index contributed by atoms with van der Waals surface area (Å²) in [5.74, 6) is -0.678. The minimum atomic E-state index is -2.01. The van der Waals surface area contributed by atoms with Crippen LogP contribution in [0.3, 0.4) is 0 Å². The molecule has 1 amide bonds. The van der Waals surface area contributed by atoms with Gasteiger partial charge in [0.15, 0.2) is 0 Å². The number of nitrogens with two attached hydrogens (primary N) is 1. The van der Waals surface area contributed by atoms with E-state index < -0.39 is 27.3 Å². The summed E-state index contributed by atoms with van der Waals surface area (Å²) in [5, 5.41) is 0. The topological polar surface area (TPSA) is 60.2 Å². The summed E-state index contributed by atoms with van der Waals surface area (Å²) in [7, 11) is 0. The molecule has 54 valence electrons. The molecule has 3 nitrogen and oxygen atoms in total. The van der Waals surface area contributed by atoms with Gasteiger partial charge in [0.25, 0.3) is 0 Å². The maximum absolute atomic E-state index is 11.0. The summed E-state index contributed by atoms with van der Waals surface area (Å²) >= 11 is -2.01. The Morgan fingerprint density at radius 3 is 2.10 bits per heavy atom.